The molecule has 1 aliphatic carbocycles. The van der Waals surface area contributed by atoms with Gasteiger partial charge in [-0.2, -0.15) is 4.31 Å². The van der Waals surface area contributed by atoms with Crippen molar-refractivity contribution in [2.75, 3.05) is 13.1 Å². The van der Waals surface area contributed by atoms with Gasteiger partial charge in [-0.15, -0.1) is 0 Å². The molecular formula is C14H16BrNO4S. The topological polar surface area (TPSA) is 74.7 Å². The predicted octanol–water partition coefficient (Wildman–Crippen LogP) is 2.57. The van der Waals surface area contributed by atoms with Gasteiger partial charge in [0.05, 0.1) is 10.5 Å². The summed E-state index contributed by atoms with van der Waals surface area (Å²) in [6.45, 7) is 1.12. The molecule has 2 atom stereocenters. The molecule has 0 radical (unpaired) electrons. The number of nitrogens with zero attached hydrogens (tertiary/aromatic N) is 1. The van der Waals surface area contributed by atoms with Crippen molar-refractivity contribution >= 4 is 31.9 Å². The second-order valence-electron chi connectivity index (χ2n) is 5.72. The molecule has 1 saturated heterocycles. The van der Waals surface area contributed by atoms with Crippen molar-refractivity contribution in [3.63, 3.8) is 0 Å². The van der Waals surface area contributed by atoms with E-state index in [1.165, 1.54) is 28.9 Å². The van der Waals surface area contributed by atoms with E-state index in [2.05, 4.69) is 15.9 Å². The summed E-state index contributed by atoms with van der Waals surface area (Å²) in [6, 6.07) is 4.17. The number of sulfonamides is 1. The monoisotopic (exact) mass is 373 g/mol. The number of carboxylic acids is 1. The Kier molecular flexibility index (Phi) is 3.83. The van der Waals surface area contributed by atoms with Crippen LogP contribution in [0.1, 0.15) is 29.6 Å². The van der Waals surface area contributed by atoms with Crippen LogP contribution in [0.15, 0.2) is 27.6 Å². The van der Waals surface area contributed by atoms with Gasteiger partial charge in [-0.25, -0.2) is 13.2 Å². The number of carbonyl (C=O) groups is 1. The first kappa shape index (κ1) is 15.0. The molecular weight excluding hydrogens is 358 g/mol. The van der Waals surface area contributed by atoms with Crippen molar-refractivity contribution in [1.29, 1.82) is 0 Å². The smallest absolute Gasteiger partial charge is 0.336 e. The summed E-state index contributed by atoms with van der Waals surface area (Å²) in [6.07, 6.45) is 3.37. The average Bonchev–Trinajstić information content (AvgIpc) is 2.99. The first-order chi connectivity index (χ1) is 9.89. The van der Waals surface area contributed by atoms with E-state index in [4.69, 9.17) is 5.11 Å². The fourth-order valence-electron chi connectivity index (χ4n) is 3.37. The lowest BCUT2D eigenvalue weighted by molar-refractivity contribution is 0.0695. The van der Waals surface area contributed by atoms with Crippen LogP contribution < -0.4 is 0 Å². The van der Waals surface area contributed by atoms with Crippen molar-refractivity contribution < 1.29 is 18.3 Å². The fraction of sp³-hybridized carbons (Fsp3) is 0.500. The molecule has 3 rings (SSSR count). The molecule has 0 aromatic heterocycles. The Morgan fingerprint density at radius 3 is 2.43 bits per heavy atom. The van der Waals surface area contributed by atoms with E-state index >= 15 is 0 Å². The summed E-state index contributed by atoms with van der Waals surface area (Å²) in [7, 11) is -3.60. The third-order valence-corrected chi connectivity index (χ3v) is 7.02. The van der Waals surface area contributed by atoms with Crippen LogP contribution >= 0.6 is 15.9 Å². The minimum Gasteiger partial charge on any atom is -0.478 e. The number of benzene rings is 1. The molecule has 5 nitrogen and oxygen atoms in total. The summed E-state index contributed by atoms with van der Waals surface area (Å²) in [5, 5.41) is 9.11. The molecule has 1 saturated carbocycles. The minimum atomic E-state index is -3.60. The Bertz CT molecular complexity index is 676. The number of halogens is 1. The molecule has 21 heavy (non-hydrogen) atoms. The standard InChI is InChI=1S/C14H16BrNO4S/c15-13-5-4-11(6-12(13)14(17)18)21(19,20)16-7-9-2-1-3-10(9)8-16/h4-6,9-10H,1-3,7-8H2,(H,17,18). The zero-order valence-electron chi connectivity index (χ0n) is 11.3. The van der Waals surface area contributed by atoms with Crippen molar-refractivity contribution in [2.45, 2.75) is 24.2 Å². The highest BCUT2D eigenvalue weighted by atomic mass is 79.9. The Balaban J connectivity index is 1.92. The van der Waals surface area contributed by atoms with Gasteiger partial charge in [-0.3, -0.25) is 0 Å². The van der Waals surface area contributed by atoms with Crippen LogP contribution in [0.25, 0.3) is 0 Å². The van der Waals surface area contributed by atoms with E-state index in [9.17, 15) is 13.2 Å². The van der Waals surface area contributed by atoms with Crippen molar-refractivity contribution in [3.8, 4) is 0 Å². The maximum Gasteiger partial charge on any atom is 0.336 e. The molecule has 1 aliphatic heterocycles. The molecule has 7 heteroatoms. The van der Waals surface area contributed by atoms with Crippen LogP contribution in [0.3, 0.4) is 0 Å². The molecule has 2 unspecified atom stereocenters. The minimum absolute atomic E-state index is 0.0320. The zero-order valence-corrected chi connectivity index (χ0v) is 13.7. The maximum atomic E-state index is 12.7. The summed E-state index contributed by atoms with van der Waals surface area (Å²) in [5.41, 5.74) is -0.0320. The van der Waals surface area contributed by atoms with Gasteiger partial charge in [-0.1, -0.05) is 6.42 Å². The SMILES string of the molecule is O=C(O)c1cc(S(=O)(=O)N2CC3CCCC3C2)ccc1Br. The molecule has 2 aliphatic rings. The van der Waals surface area contributed by atoms with E-state index < -0.39 is 16.0 Å². The molecule has 0 amide bonds. The molecule has 0 bridgehead atoms. The quantitative estimate of drug-likeness (QED) is 0.883. The number of carboxylic acid groups (broad SMARTS) is 1. The summed E-state index contributed by atoms with van der Waals surface area (Å²) >= 11 is 3.13. The van der Waals surface area contributed by atoms with Crippen LogP contribution in [0.5, 0.6) is 0 Å². The van der Waals surface area contributed by atoms with Crippen LogP contribution in [0, 0.1) is 11.8 Å². The van der Waals surface area contributed by atoms with E-state index in [0.717, 1.165) is 12.8 Å². The molecule has 2 fully saturated rings. The van der Waals surface area contributed by atoms with Gasteiger partial charge in [0.25, 0.3) is 0 Å². The van der Waals surface area contributed by atoms with Gasteiger partial charge >= 0.3 is 5.97 Å². The molecule has 114 valence electrons. The summed E-state index contributed by atoms with van der Waals surface area (Å²) in [5.74, 6) is -0.208. The van der Waals surface area contributed by atoms with Crippen molar-refractivity contribution in [1.82, 2.24) is 4.31 Å². The second kappa shape index (κ2) is 5.37. The number of rotatable bonds is 3. The Morgan fingerprint density at radius 1 is 1.24 bits per heavy atom. The lowest BCUT2D eigenvalue weighted by Crippen LogP contribution is -2.29. The van der Waals surface area contributed by atoms with Gasteiger partial charge in [0.2, 0.25) is 10.0 Å². The number of fused-ring (bicyclic) bond motifs is 1. The van der Waals surface area contributed by atoms with Crippen molar-refractivity contribution in [2.24, 2.45) is 11.8 Å². The highest BCUT2D eigenvalue weighted by Crippen LogP contribution is 2.40. The van der Waals surface area contributed by atoms with Gasteiger partial charge in [0, 0.05) is 17.6 Å². The van der Waals surface area contributed by atoms with E-state index in [1.807, 2.05) is 0 Å². The maximum absolute atomic E-state index is 12.7. The van der Waals surface area contributed by atoms with Crippen LogP contribution in [-0.2, 0) is 10.0 Å². The lowest BCUT2D eigenvalue weighted by Gasteiger charge is -2.17. The Hall–Kier alpha value is -0.920. The number of aromatic carboxylic acids is 1. The van der Waals surface area contributed by atoms with Crippen LogP contribution in [0.4, 0.5) is 0 Å². The summed E-state index contributed by atoms with van der Waals surface area (Å²) < 4.78 is 27.2. The van der Waals surface area contributed by atoms with Crippen LogP contribution in [0.2, 0.25) is 0 Å². The van der Waals surface area contributed by atoms with E-state index in [-0.39, 0.29) is 10.5 Å². The highest BCUT2D eigenvalue weighted by Gasteiger charge is 2.41. The van der Waals surface area contributed by atoms with Crippen molar-refractivity contribution in [3.05, 3.63) is 28.2 Å². The largest absolute Gasteiger partial charge is 0.478 e. The second-order valence-corrected chi connectivity index (χ2v) is 8.51. The first-order valence-corrected chi connectivity index (χ1v) is 9.16. The average molecular weight is 374 g/mol. The third kappa shape index (κ3) is 2.62. The zero-order chi connectivity index (χ0) is 15.2. The highest BCUT2D eigenvalue weighted by molar-refractivity contribution is 9.10. The normalized spacial score (nSPS) is 26.0. The van der Waals surface area contributed by atoms with Crippen LogP contribution in [-0.4, -0.2) is 36.9 Å². The van der Waals surface area contributed by atoms with Gasteiger partial charge in [-0.05, 0) is 58.8 Å². The third-order valence-electron chi connectivity index (χ3n) is 4.50. The van der Waals surface area contributed by atoms with Gasteiger partial charge in [0.1, 0.15) is 0 Å². The molecule has 0 spiro atoms. The Labute approximate surface area is 132 Å². The van der Waals surface area contributed by atoms with E-state index in [0.29, 0.717) is 29.4 Å². The summed E-state index contributed by atoms with van der Waals surface area (Å²) in [4.78, 5) is 11.2. The molecule has 1 heterocycles. The molecule has 1 aromatic carbocycles. The molecule has 1 aromatic rings. The number of hydrogen-bond acceptors (Lipinski definition) is 3. The van der Waals surface area contributed by atoms with E-state index in [1.54, 1.807) is 0 Å². The van der Waals surface area contributed by atoms with Gasteiger partial charge in [0.15, 0.2) is 0 Å². The molecule has 1 N–H and O–H groups in total. The first-order valence-electron chi connectivity index (χ1n) is 6.92. The van der Waals surface area contributed by atoms with Gasteiger partial charge < -0.3 is 5.11 Å². The number of hydrogen-bond donors (Lipinski definition) is 1. The predicted molar refractivity (Wildman–Crippen MR) is 80.7 cm³/mol. The fourth-order valence-corrected chi connectivity index (χ4v) is 5.36. The lowest BCUT2D eigenvalue weighted by atomic mass is 10.0. The Morgan fingerprint density at radius 2 is 1.86 bits per heavy atom.